The fraction of sp³-hybridized carbons (Fsp3) is 0.190. The molecule has 0 unspecified atom stereocenters. The van der Waals surface area contributed by atoms with Crippen LogP contribution in [0.15, 0.2) is 58.4 Å². The molecule has 2 heterocycles. The number of benzene rings is 1. The van der Waals surface area contributed by atoms with Crippen molar-refractivity contribution in [1.82, 2.24) is 4.98 Å². The molecule has 0 bridgehead atoms. The smallest absolute Gasteiger partial charge is 0.146 e. The van der Waals surface area contributed by atoms with E-state index in [1.807, 2.05) is 6.08 Å². The third kappa shape index (κ3) is 2.52. The summed E-state index contributed by atoms with van der Waals surface area (Å²) in [5, 5.41) is 0. The number of nitrogens with zero attached hydrogens (tertiary/aromatic N) is 1. The van der Waals surface area contributed by atoms with E-state index in [1.54, 1.807) is 7.11 Å². The van der Waals surface area contributed by atoms with Crippen LogP contribution in [0.2, 0.25) is 0 Å². The molecule has 1 aliphatic heterocycles. The lowest BCUT2D eigenvalue weighted by molar-refractivity contribution is 0.303. The summed E-state index contributed by atoms with van der Waals surface area (Å²) >= 11 is 0. The molecule has 4 rings (SSSR count). The van der Waals surface area contributed by atoms with Gasteiger partial charge in [0.15, 0.2) is 0 Å². The van der Waals surface area contributed by atoms with E-state index < -0.39 is 0 Å². The van der Waals surface area contributed by atoms with Crippen LogP contribution in [0.4, 0.5) is 0 Å². The van der Waals surface area contributed by atoms with Gasteiger partial charge in [0.05, 0.1) is 12.8 Å². The van der Waals surface area contributed by atoms with Gasteiger partial charge in [0, 0.05) is 23.9 Å². The number of nitrogens with one attached hydrogen (secondary N) is 1. The summed E-state index contributed by atoms with van der Waals surface area (Å²) in [5.41, 5.74) is 9.20. The Balaban J connectivity index is 1.69. The van der Waals surface area contributed by atoms with E-state index in [1.165, 1.54) is 22.3 Å². The van der Waals surface area contributed by atoms with Crippen molar-refractivity contribution in [3.05, 3.63) is 81.5 Å². The van der Waals surface area contributed by atoms with Crippen molar-refractivity contribution >= 4 is 17.9 Å². The highest BCUT2D eigenvalue weighted by Gasteiger charge is 2.22. The van der Waals surface area contributed by atoms with E-state index in [9.17, 15) is 0 Å². The van der Waals surface area contributed by atoms with Crippen LogP contribution in [0.3, 0.4) is 0 Å². The summed E-state index contributed by atoms with van der Waals surface area (Å²) < 4.78 is 5.55. The molecule has 0 saturated carbocycles. The minimum Gasteiger partial charge on any atom is -0.494 e. The van der Waals surface area contributed by atoms with E-state index in [4.69, 9.17) is 9.73 Å². The molecule has 0 spiro atoms. The fourth-order valence-corrected chi connectivity index (χ4v) is 3.33. The molecule has 1 aromatic heterocycles. The SMILES string of the molecule is COC1=CC(C2=Cc3ccccc3C2)=N/C1=C\c1[nH]c(C)cc1C. The monoisotopic (exact) mass is 316 g/mol. The van der Waals surface area contributed by atoms with Crippen molar-refractivity contribution in [3.63, 3.8) is 0 Å². The Bertz CT molecular complexity index is 938. The third-order valence-corrected chi connectivity index (χ3v) is 4.55. The molecule has 3 nitrogen and oxygen atoms in total. The summed E-state index contributed by atoms with van der Waals surface area (Å²) in [7, 11) is 1.70. The van der Waals surface area contributed by atoms with Gasteiger partial charge in [-0.05, 0) is 54.3 Å². The quantitative estimate of drug-likeness (QED) is 0.883. The zero-order valence-electron chi connectivity index (χ0n) is 14.2. The molecule has 3 heteroatoms. The first-order chi connectivity index (χ1) is 11.6. The third-order valence-electron chi connectivity index (χ3n) is 4.55. The second-order valence-corrected chi connectivity index (χ2v) is 6.33. The van der Waals surface area contributed by atoms with Crippen molar-refractivity contribution in [2.24, 2.45) is 4.99 Å². The highest BCUT2D eigenvalue weighted by Crippen LogP contribution is 2.31. The molecule has 0 atom stereocenters. The summed E-state index contributed by atoms with van der Waals surface area (Å²) in [6.07, 6.45) is 7.25. The lowest BCUT2D eigenvalue weighted by Crippen LogP contribution is -1.96. The zero-order chi connectivity index (χ0) is 16.7. The Morgan fingerprint density at radius 3 is 2.71 bits per heavy atom. The molecular formula is C21H20N2O. The summed E-state index contributed by atoms with van der Waals surface area (Å²) in [6, 6.07) is 10.6. The molecule has 2 aliphatic rings. The molecule has 1 aliphatic carbocycles. The number of allylic oxidation sites excluding steroid dienone is 2. The number of aryl methyl sites for hydroxylation is 2. The lowest BCUT2D eigenvalue weighted by Gasteiger charge is -2.01. The highest BCUT2D eigenvalue weighted by atomic mass is 16.5. The summed E-state index contributed by atoms with van der Waals surface area (Å²) in [6.45, 7) is 4.16. The van der Waals surface area contributed by atoms with Crippen LogP contribution < -0.4 is 0 Å². The van der Waals surface area contributed by atoms with Crippen molar-refractivity contribution in [2.45, 2.75) is 20.3 Å². The lowest BCUT2D eigenvalue weighted by atomic mass is 10.1. The van der Waals surface area contributed by atoms with E-state index in [0.29, 0.717) is 0 Å². The van der Waals surface area contributed by atoms with Crippen molar-refractivity contribution < 1.29 is 4.74 Å². The number of fused-ring (bicyclic) bond motifs is 1. The van der Waals surface area contributed by atoms with E-state index in [-0.39, 0.29) is 0 Å². The van der Waals surface area contributed by atoms with Crippen LogP contribution in [-0.2, 0) is 11.2 Å². The van der Waals surface area contributed by atoms with E-state index in [0.717, 1.165) is 35.0 Å². The maximum Gasteiger partial charge on any atom is 0.146 e. The first-order valence-electron chi connectivity index (χ1n) is 8.15. The number of methoxy groups -OCH3 is 1. The molecule has 0 amide bonds. The molecule has 1 aromatic carbocycles. The molecule has 0 saturated heterocycles. The summed E-state index contributed by atoms with van der Waals surface area (Å²) in [5.74, 6) is 0.813. The number of aromatic nitrogens is 1. The molecule has 120 valence electrons. The Labute approximate surface area is 142 Å². The molecule has 2 aromatic rings. The fourth-order valence-electron chi connectivity index (χ4n) is 3.33. The molecule has 24 heavy (non-hydrogen) atoms. The van der Waals surface area contributed by atoms with Gasteiger partial charge in [-0.2, -0.15) is 0 Å². The standard InChI is InChI=1S/C21H20N2O/c1-13-8-14(2)22-18(13)11-20-21(24-3)12-19(23-20)17-9-15-6-4-5-7-16(15)10-17/h4-9,11-12,22H,10H2,1-3H3/b20-11-. The maximum atomic E-state index is 5.55. The Hall–Kier alpha value is -2.81. The molecule has 0 radical (unpaired) electrons. The Morgan fingerprint density at radius 1 is 1.17 bits per heavy atom. The second kappa shape index (κ2) is 5.68. The van der Waals surface area contributed by atoms with Crippen LogP contribution in [0, 0.1) is 13.8 Å². The first kappa shape index (κ1) is 14.8. The van der Waals surface area contributed by atoms with E-state index >= 15 is 0 Å². The predicted octanol–water partition coefficient (Wildman–Crippen LogP) is 4.60. The molecule has 0 fully saturated rings. The van der Waals surface area contributed by atoms with Crippen molar-refractivity contribution in [1.29, 1.82) is 0 Å². The van der Waals surface area contributed by atoms with Crippen molar-refractivity contribution in [3.8, 4) is 0 Å². The normalized spacial score (nSPS) is 17.6. The van der Waals surface area contributed by atoms with Crippen LogP contribution in [0.1, 0.15) is 28.1 Å². The van der Waals surface area contributed by atoms with E-state index in [2.05, 4.69) is 61.3 Å². The zero-order valence-corrected chi connectivity index (χ0v) is 14.2. The number of hydrogen-bond acceptors (Lipinski definition) is 2. The summed E-state index contributed by atoms with van der Waals surface area (Å²) in [4.78, 5) is 8.19. The van der Waals surface area contributed by atoms with Gasteiger partial charge in [0.25, 0.3) is 0 Å². The molecular weight excluding hydrogens is 296 g/mol. The average Bonchev–Trinajstić information content (AvgIpc) is 3.24. The Morgan fingerprint density at radius 2 is 2.00 bits per heavy atom. The topological polar surface area (TPSA) is 37.4 Å². The van der Waals surface area contributed by atoms with Gasteiger partial charge in [-0.25, -0.2) is 4.99 Å². The van der Waals surface area contributed by atoms with Crippen LogP contribution in [0.5, 0.6) is 0 Å². The Kier molecular flexibility index (Phi) is 3.49. The number of H-pyrrole nitrogens is 1. The number of aromatic amines is 1. The number of ether oxygens (including phenoxy) is 1. The largest absolute Gasteiger partial charge is 0.494 e. The average molecular weight is 316 g/mol. The van der Waals surface area contributed by atoms with Gasteiger partial charge >= 0.3 is 0 Å². The van der Waals surface area contributed by atoms with Crippen LogP contribution >= 0.6 is 0 Å². The van der Waals surface area contributed by atoms with Gasteiger partial charge in [-0.3, -0.25) is 0 Å². The minimum atomic E-state index is 0.813. The number of rotatable bonds is 3. The van der Waals surface area contributed by atoms with Gasteiger partial charge in [0.2, 0.25) is 0 Å². The first-order valence-corrected chi connectivity index (χ1v) is 8.15. The van der Waals surface area contributed by atoms with Gasteiger partial charge in [-0.1, -0.05) is 24.3 Å². The maximum absolute atomic E-state index is 5.55. The predicted molar refractivity (Wildman–Crippen MR) is 98.9 cm³/mol. The van der Waals surface area contributed by atoms with Crippen molar-refractivity contribution in [2.75, 3.05) is 7.11 Å². The highest BCUT2D eigenvalue weighted by molar-refractivity contribution is 6.15. The molecule has 1 N–H and O–H groups in total. The second-order valence-electron chi connectivity index (χ2n) is 6.33. The number of hydrogen-bond donors (Lipinski definition) is 1. The van der Waals surface area contributed by atoms with Gasteiger partial charge in [0.1, 0.15) is 11.5 Å². The van der Waals surface area contributed by atoms with Crippen LogP contribution in [-0.4, -0.2) is 17.8 Å². The minimum absolute atomic E-state index is 0.813. The van der Waals surface area contributed by atoms with Gasteiger partial charge in [-0.15, -0.1) is 0 Å². The van der Waals surface area contributed by atoms with Crippen LogP contribution in [0.25, 0.3) is 12.2 Å². The number of aliphatic imine (C=N–C) groups is 1. The van der Waals surface area contributed by atoms with Gasteiger partial charge < -0.3 is 9.72 Å².